The highest BCUT2D eigenvalue weighted by atomic mass is 16.8. The molecule has 4 atom stereocenters. The topological polar surface area (TPSA) is 132 Å². The van der Waals surface area contributed by atoms with Crippen molar-refractivity contribution in [3.63, 3.8) is 0 Å². The van der Waals surface area contributed by atoms with Crippen molar-refractivity contribution in [2.75, 3.05) is 13.2 Å². The Labute approximate surface area is 119 Å². The second-order valence-corrected chi connectivity index (χ2v) is 5.62. The lowest BCUT2D eigenvalue weighted by Gasteiger charge is -2.47. The van der Waals surface area contributed by atoms with Crippen LogP contribution < -0.4 is 0 Å². The van der Waals surface area contributed by atoms with Gasteiger partial charge in [0.1, 0.15) is 31.5 Å². The lowest BCUT2D eigenvalue weighted by Crippen LogP contribution is -2.67. The van der Waals surface area contributed by atoms with Crippen molar-refractivity contribution in [3.8, 4) is 0 Å². The number of carbonyl (C=O) groups is 1. The first-order valence-electron chi connectivity index (χ1n) is 6.42. The Hall–Kier alpha value is -1.58. The zero-order chi connectivity index (χ0) is 15.3. The lowest BCUT2D eigenvalue weighted by atomic mass is 9.86. The first-order valence-corrected chi connectivity index (χ1v) is 6.42. The number of azide groups is 1. The maximum atomic E-state index is 11.1. The molecule has 0 amide bonds. The molecule has 0 bridgehead atoms. The van der Waals surface area contributed by atoms with Crippen LogP contribution in [0, 0.1) is 0 Å². The van der Waals surface area contributed by atoms with E-state index < -0.39 is 42.1 Å². The van der Waals surface area contributed by atoms with Crippen molar-refractivity contribution in [1.82, 2.24) is 0 Å². The molecular weight excluding hydrogens is 286 g/mol. The van der Waals surface area contributed by atoms with Crippen LogP contribution in [0.25, 0.3) is 10.4 Å². The number of hydrogen-bond acceptors (Lipinski definition) is 8. The average Bonchev–Trinajstić information content (AvgIpc) is 2.74. The van der Waals surface area contributed by atoms with Gasteiger partial charge in [0.05, 0.1) is 0 Å². The molecule has 10 nitrogen and oxygen atoms in total. The van der Waals surface area contributed by atoms with Crippen molar-refractivity contribution >= 4 is 6.16 Å². The van der Waals surface area contributed by atoms with E-state index in [0.29, 0.717) is 0 Å². The van der Waals surface area contributed by atoms with E-state index in [2.05, 4.69) is 10.0 Å². The molecule has 3 fully saturated rings. The van der Waals surface area contributed by atoms with Gasteiger partial charge in [0.2, 0.25) is 0 Å². The van der Waals surface area contributed by atoms with Crippen molar-refractivity contribution < 1.29 is 33.6 Å². The Morgan fingerprint density at radius 3 is 2.57 bits per heavy atom. The van der Waals surface area contributed by atoms with Crippen LogP contribution in [-0.2, 0) is 23.7 Å². The van der Waals surface area contributed by atoms with E-state index in [1.54, 1.807) is 13.8 Å². The van der Waals surface area contributed by atoms with E-state index in [4.69, 9.17) is 29.2 Å². The van der Waals surface area contributed by atoms with E-state index in [1.165, 1.54) is 0 Å². The Kier molecular flexibility index (Phi) is 3.23. The van der Waals surface area contributed by atoms with Gasteiger partial charge in [0, 0.05) is 4.91 Å². The summed E-state index contributed by atoms with van der Waals surface area (Å²) in [5.74, 6) is -0.958. The van der Waals surface area contributed by atoms with Gasteiger partial charge in [-0.2, -0.15) is 0 Å². The fourth-order valence-electron chi connectivity index (χ4n) is 2.85. The van der Waals surface area contributed by atoms with Gasteiger partial charge in [0.25, 0.3) is 0 Å². The minimum absolute atomic E-state index is 0.146. The third-order valence-corrected chi connectivity index (χ3v) is 3.69. The van der Waals surface area contributed by atoms with Crippen LogP contribution in [0.1, 0.15) is 13.8 Å². The molecule has 3 unspecified atom stereocenters. The summed E-state index contributed by atoms with van der Waals surface area (Å²) >= 11 is 0. The maximum Gasteiger partial charge on any atom is 0.508 e. The summed E-state index contributed by atoms with van der Waals surface area (Å²) in [4.78, 5) is 13.8. The molecule has 1 spiro atoms. The number of ether oxygens (including phenoxy) is 5. The number of rotatable bonds is 1. The van der Waals surface area contributed by atoms with E-state index in [0.717, 1.165) is 0 Å². The van der Waals surface area contributed by atoms with Crippen LogP contribution in [-0.4, -0.2) is 60.4 Å². The minimum Gasteiger partial charge on any atom is -0.431 e. The predicted octanol–water partition coefficient (Wildman–Crippen LogP) is 0.440. The van der Waals surface area contributed by atoms with Crippen LogP contribution in [0.2, 0.25) is 0 Å². The first kappa shape index (κ1) is 14.4. The molecule has 3 aliphatic heterocycles. The fraction of sp³-hybridized carbons (Fsp3) is 0.909. The summed E-state index contributed by atoms with van der Waals surface area (Å²) in [6, 6.07) is -0.968. The largest absolute Gasteiger partial charge is 0.508 e. The minimum atomic E-state index is -1.42. The molecule has 0 aromatic carbocycles. The molecule has 3 rings (SSSR count). The molecule has 116 valence electrons. The average molecular weight is 301 g/mol. The summed E-state index contributed by atoms with van der Waals surface area (Å²) in [6.07, 6.45) is -3.68. The van der Waals surface area contributed by atoms with E-state index in [1.807, 2.05) is 0 Å². The number of fused-ring (bicyclic) bond motifs is 2. The van der Waals surface area contributed by atoms with Gasteiger partial charge in [-0.3, -0.25) is 0 Å². The highest BCUT2D eigenvalue weighted by Crippen LogP contribution is 2.44. The molecule has 3 saturated heterocycles. The quantitative estimate of drug-likeness (QED) is 0.321. The summed E-state index contributed by atoms with van der Waals surface area (Å²) in [7, 11) is 0. The number of nitrogens with zero attached hydrogens (tertiary/aromatic N) is 3. The van der Waals surface area contributed by atoms with Crippen LogP contribution in [0.5, 0.6) is 0 Å². The Morgan fingerprint density at radius 1 is 1.29 bits per heavy atom. The van der Waals surface area contributed by atoms with Crippen LogP contribution in [0.3, 0.4) is 0 Å². The molecule has 0 aromatic heterocycles. The highest BCUT2D eigenvalue weighted by Gasteiger charge is 2.63. The Balaban J connectivity index is 1.94. The number of aliphatic hydroxyl groups is 1. The summed E-state index contributed by atoms with van der Waals surface area (Å²) in [5, 5.41) is 13.6. The van der Waals surface area contributed by atoms with Crippen LogP contribution >= 0.6 is 0 Å². The number of hydrogen-bond donors (Lipinski definition) is 1. The standard InChI is InChI=1S/C11H15N3O7/c1-10(2)19-6-5(13-14-12)8(15)21-11(7(6)20-10)3-17-9(16)18-4-11/h5-8,15H,3-4H2,1-2H3/t5?,6?,7-,8?/m1/s1. The summed E-state index contributed by atoms with van der Waals surface area (Å²) in [5.41, 5.74) is 7.42. The van der Waals surface area contributed by atoms with Gasteiger partial charge in [-0.25, -0.2) is 4.79 Å². The maximum absolute atomic E-state index is 11.1. The van der Waals surface area contributed by atoms with Gasteiger partial charge in [-0.1, -0.05) is 5.11 Å². The molecule has 3 heterocycles. The second-order valence-electron chi connectivity index (χ2n) is 5.62. The van der Waals surface area contributed by atoms with Crippen LogP contribution in [0.15, 0.2) is 5.11 Å². The van der Waals surface area contributed by atoms with Crippen molar-refractivity contribution in [2.24, 2.45) is 5.11 Å². The number of aliphatic hydroxyl groups excluding tert-OH is 1. The second kappa shape index (κ2) is 4.72. The molecule has 0 aromatic rings. The monoisotopic (exact) mass is 301 g/mol. The van der Waals surface area contributed by atoms with E-state index in [-0.39, 0.29) is 13.2 Å². The first-order chi connectivity index (χ1) is 9.87. The zero-order valence-corrected chi connectivity index (χ0v) is 11.5. The fourth-order valence-corrected chi connectivity index (χ4v) is 2.85. The normalized spacial score (nSPS) is 39.9. The third-order valence-electron chi connectivity index (χ3n) is 3.69. The molecule has 0 saturated carbocycles. The summed E-state index contributed by atoms with van der Waals surface area (Å²) in [6.45, 7) is 3.08. The van der Waals surface area contributed by atoms with Gasteiger partial charge < -0.3 is 28.8 Å². The molecule has 1 N–H and O–H groups in total. The number of carbonyl (C=O) groups excluding carboxylic acids is 1. The molecule has 3 aliphatic rings. The van der Waals surface area contributed by atoms with Crippen LogP contribution in [0.4, 0.5) is 4.79 Å². The van der Waals surface area contributed by atoms with Gasteiger partial charge in [-0.05, 0) is 19.4 Å². The van der Waals surface area contributed by atoms with E-state index >= 15 is 0 Å². The lowest BCUT2D eigenvalue weighted by molar-refractivity contribution is -0.299. The Morgan fingerprint density at radius 2 is 1.95 bits per heavy atom. The van der Waals surface area contributed by atoms with Gasteiger partial charge in [0.15, 0.2) is 17.7 Å². The van der Waals surface area contributed by atoms with Crippen molar-refractivity contribution in [2.45, 2.75) is 49.8 Å². The number of cyclic esters (lactones) is 2. The third kappa shape index (κ3) is 2.30. The van der Waals surface area contributed by atoms with Crippen molar-refractivity contribution in [1.29, 1.82) is 0 Å². The Bertz CT molecular complexity index is 494. The van der Waals surface area contributed by atoms with Gasteiger partial charge >= 0.3 is 6.16 Å². The molecular formula is C11H15N3O7. The smallest absolute Gasteiger partial charge is 0.431 e. The predicted molar refractivity (Wildman–Crippen MR) is 63.9 cm³/mol. The zero-order valence-electron chi connectivity index (χ0n) is 11.5. The molecule has 21 heavy (non-hydrogen) atoms. The van der Waals surface area contributed by atoms with Gasteiger partial charge in [-0.15, -0.1) is 0 Å². The highest BCUT2D eigenvalue weighted by molar-refractivity contribution is 5.61. The van der Waals surface area contributed by atoms with Crippen molar-refractivity contribution in [3.05, 3.63) is 10.4 Å². The SMILES string of the molecule is CC1(C)OC2C(N=[N+]=[N-])C(O)OC3(COC(=O)OC3)[C@@H]2O1. The molecule has 0 radical (unpaired) electrons. The summed E-state index contributed by atoms with van der Waals surface area (Å²) < 4.78 is 26.7. The van der Waals surface area contributed by atoms with E-state index in [9.17, 15) is 9.90 Å². The molecule has 0 aliphatic carbocycles. The molecule has 10 heteroatoms.